The quantitative estimate of drug-likeness (QED) is 0.536. The van der Waals surface area contributed by atoms with E-state index in [1.165, 1.54) is 0 Å². The van der Waals surface area contributed by atoms with E-state index in [1.807, 2.05) is 57.8 Å². The van der Waals surface area contributed by atoms with E-state index < -0.39 is 0 Å². The number of hydrogen-bond acceptors (Lipinski definition) is 4. The van der Waals surface area contributed by atoms with Crippen LogP contribution < -0.4 is 0 Å². The molecular formula is C13H19BN3O2+. The standard InChI is InChI=1S/C13H19BN3O2/c1-9-6-11-15-7-10(8-17(11)16-9)14-18-12(2,3)13(4,5)19-14/h6-8,11H,1-5H3/q+1. The Morgan fingerprint density at radius 2 is 1.84 bits per heavy atom. The minimum Gasteiger partial charge on any atom is -0.399 e. The van der Waals surface area contributed by atoms with E-state index in [1.54, 1.807) is 0 Å². The van der Waals surface area contributed by atoms with Gasteiger partial charge < -0.3 is 9.31 Å². The molecule has 1 fully saturated rings. The van der Waals surface area contributed by atoms with Crippen LogP contribution in [0.1, 0.15) is 34.6 Å². The van der Waals surface area contributed by atoms with E-state index in [4.69, 9.17) is 9.31 Å². The van der Waals surface area contributed by atoms with Crippen LogP contribution in [0.5, 0.6) is 0 Å². The number of nitrogens with zero attached hydrogens (tertiary/aromatic N) is 3. The van der Waals surface area contributed by atoms with Crippen molar-refractivity contribution in [2.45, 2.75) is 52.0 Å². The van der Waals surface area contributed by atoms with Gasteiger partial charge in [-0.2, -0.15) is 0 Å². The van der Waals surface area contributed by atoms with E-state index >= 15 is 0 Å². The van der Waals surface area contributed by atoms with Gasteiger partial charge in [-0.05, 0) is 39.7 Å². The summed E-state index contributed by atoms with van der Waals surface area (Å²) >= 11 is 0. The molecule has 0 saturated carbocycles. The largest absolute Gasteiger partial charge is 0.502 e. The van der Waals surface area contributed by atoms with Crippen LogP contribution in [0.3, 0.4) is 0 Å². The van der Waals surface area contributed by atoms with E-state index in [2.05, 4.69) is 10.1 Å². The molecule has 3 rings (SSSR count). The van der Waals surface area contributed by atoms with Crippen LogP contribution in [0, 0.1) is 0 Å². The minimum absolute atomic E-state index is 0.00817. The Bertz CT molecular complexity index is 530. The second kappa shape index (κ2) is 3.87. The Morgan fingerprint density at radius 3 is 2.47 bits per heavy atom. The smallest absolute Gasteiger partial charge is 0.399 e. The first-order valence-electron chi connectivity index (χ1n) is 6.57. The second-order valence-electron chi connectivity index (χ2n) is 6.20. The summed E-state index contributed by atoms with van der Waals surface area (Å²) in [6.07, 6.45) is 5.79. The van der Waals surface area contributed by atoms with Gasteiger partial charge in [0.2, 0.25) is 0 Å². The average Bonchev–Trinajstić information content (AvgIpc) is 2.74. The van der Waals surface area contributed by atoms with Crippen LogP contribution >= 0.6 is 0 Å². The summed E-state index contributed by atoms with van der Waals surface area (Å²) in [6, 6.07) is 0. The van der Waals surface area contributed by atoms with Gasteiger partial charge in [0.1, 0.15) is 5.70 Å². The Morgan fingerprint density at radius 1 is 1.21 bits per heavy atom. The Kier molecular flexibility index (Phi) is 2.60. The fraction of sp³-hybridized carbons (Fsp3) is 0.615. The first-order valence-corrected chi connectivity index (χ1v) is 6.57. The van der Waals surface area contributed by atoms with Crippen molar-refractivity contribution in [2.24, 2.45) is 10.1 Å². The number of aliphatic imine (C=N–C) groups is 1. The molecule has 0 amide bonds. The van der Waals surface area contributed by atoms with Crippen LogP contribution in [-0.2, 0) is 9.31 Å². The topological polar surface area (TPSA) is 46.2 Å². The van der Waals surface area contributed by atoms with Gasteiger partial charge in [-0.1, -0.05) is 4.70 Å². The highest BCUT2D eigenvalue weighted by molar-refractivity contribution is 6.60. The molecule has 1 unspecified atom stereocenters. The number of fused-ring (bicyclic) bond motifs is 1. The monoisotopic (exact) mass is 260 g/mol. The predicted octanol–water partition coefficient (Wildman–Crippen LogP) is 2.29. The summed E-state index contributed by atoms with van der Waals surface area (Å²) in [7, 11) is -0.384. The fourth-order valence-electron chi connectivity index (χ4n) is 2.23. The summed E-state index contributed by atoms with van der Waals surface area (Å²) in [5.41, 5.74) is 1.22. The summed E-state index contributed by atoms with van der Waals surface area (Å²) in [5.74, 6) is 0. The summed E-state index contributed by atoms with van der Waals surface area (Å²) in [5, 5.41) is 4.40. The third-order valence-corrected chi connectivity index (χ3v) is 4.12. The molecule has 5 nitrogen and oxygen atoms in total. The Balaban J connectivity index is 1.85. The molecule has 0 bridgehead atoms. The van der Waals surface area contributed by atoms with E-state index in [9.17, 15) is 0 Å². The van der Waals surface area contributed by atoms with Gasteiger partial charge in [0.25, 0.3) is 6.17 Å². The van der Waals surface area contributed by atoms with Gasteiger partial charge in [-0.3, -0.25) is 0 Å². The van der Waals surface area contributed by atoms with Crippen LogP contribution in [0.2, 0.25) is 0 Å². The van der Waals surface area contributed by atoms with Gasteiger partial charge in [-0.15, -0.1) is 0 Å². The molecule has 0 N–H and O–H groups in total. The van der Waals surface area contributed by atoms with Crippen LogP contribution in [0.15, 0.2) is 33.6 Å². The molecule has 0 spiro atoms. The first kappa shape index (κ1) is 12.8. The van der Waals surface area contributed by atoms with Crippen molar-refractivity contribution in [2.75, 3.05) is 0 Å². The van der Waals surface area contributed by atoms with Crippen LogP contribution in [-0.4, -0.2) is 35.4 Å². The van der Waals surface area contributed by atoms with Crippen molar-refractivity contribution < 1.29 is 14.0 Å². The molecule has 0 radical (unpaired) electrons. The molecule has 3 heterocycles. The van der Waals surface area contributed by atoms with Gasteiger partial charge in [0, 0.05) is 12.3 Å². The van der Waals surface area contributed by atoms with Crippen molar-refractivity contribution >= 4 is 13.3 Å². The lowest BCUT2D eigenvalue weighted by molar-refractivity contribution is -0.545. The maximum absolute atomic E-state index is 6.01. The van der Waals surface area contributed by atoms with Gasteiger partial charge in [0.05, 0.1) is 16.7 Å². The van der Waals surface area contributed by atoms with Gasteiger partial charge in [-0.25, -0.2) is 4.99 Å². The van der Waals surface area contributed by atoms with Crippen molar-refractivity contribution in [3.05, 3.63) is 23.4 Å². The lowest BCUT2D eigenvalue weighted by Crippen LogP contribution is -2.41. The lowest BCUT2D eigenvalue weighted by atomic mass is 9.79. The average molecular weight is 260 g/mol. The van der Waals surface area contributed by atoms with E-state index in [0.29, 0.717) is 0 Å². The zero-order chi connectivity index (χ0) is 13.8. The van der Waals surface area contributed by atoms with Crippen LogP contribution in [0.25, 0.3) is 0 Å². The van der Waals surface area contributed by atoms with Crippen molar-refractivity contribution in [3.63, 3.8) is 0 Å². The zero-order valence-electron chi connectivity index (χ0n) is 12.0. The highest BCUT2D eigenvalue weighted by atomic mass is 16.7. The summed E-state index contributed by atoms with van der Waals surface area (Å²) in [4.78, 5) is 4.47. The van der Waals surface area contributed by atoms with Gasteiger partial charge >= 0.3 is 7.12 Å². The molecule has 1 atom stereocenters. The molecule has 19 heavy (non-hydrogen) atoms. The number of azo groups is 2. The van der Waals surface area contributed by atoms with E-state index in [0.717, 1.165) is 11.2 Å². The van der Waals surface area contributed by atoms with E-state index in [-0.39, 0.29) is 24.5 Å². The predicted molar refractivity (Wildman–Crippen MR) is 72.9 cm³/mol. The highest BCUT2D eigenvalue weighted by Gasteiger charge is 2.53. The lowest BCUT2D eigenvalue weighted by Gasteiger charge is -2.32. The highest BCUT2D eigenvalue weighted by Crippen LogP contribution is 2.38. The zero-order valence-corrected chi connectivity index (χ0v) is 12.0. The molecule has 0 aromatic rings. The van der Waals surface area contributed by atoms with Crippen molar-refractivity contribution in [1.29, 1.82) is 0 Å². The molecule has 100 valence electrons. The van der Waals surface area contributed by atoms with Crippen molar-refractivity contribution in [1.82, 2.24) is 0 Å². The fourth-order valence-corrected chi connectivity index (χ4v) is 2.23. The third-order valence-electron chi connectivity index (χ3n) is 4.12. The summed E-state index contributed by atoms with van der Waals surface area (Å²) < 4.78 is 13.9. The normalized spacial score (nSPS) is 30.9. The Labute approximate surface area is 113 Å². The maximum Gasteiger partial charge on any atom is 0.502 e. The maximum atomic E-state index is 6.01. The molecule has 6 heteroatoms. The molecule has 3 aliphatic rings. The number of rotatable bonds is 1. The minimum atomic E-state index is -0.384. The number of allylic oxidation sites excluding steroid dienone is 2. The first-order chi connectivity index (χ1) is 8.78. The molecule has 0 aliphatic carbocycles. The molecule has 0 aromatic carbocycles. The van der Waals surface area contributed by atoms with Crippen molar-refractivity contribution in [3.8, 4) is 0 Å². The second-order valence-corrected chi connectivity index (χ2v) is 6.20. The SMILES string of the molecule is CC1=CC2N=CC(B3OC(C)(C)C(C)(C)O3)=C[N+]2=N1. The Hall–Kier alpha value is -1.27. The number of hydrogen-bond donors (Lipinski definition) is 0. The van der Waals surface area contributed by atoms with Crippen LogP contribution in [0.4, 0.5) is 0 Å². The third kappa shape index (κ3) is 1.99. The molecular weight excluding hydrogens is 241 g/mol. The molecule has 0 aromatic heterocycles. The molecule has 1 saturated heterocycles. The molecule has 3 aliphatic heterocycles. The summed E-state index contributed by atoms with van der Waals surface area (Å²) in [6.45, 7) is 10.1. The van der Waals surface area contributed by atoms with Gasteiger partial charge in [0.15, 0.2) is 6.20 Å².